The highest BCUT2D eigenvalue weighted by atomic mass is 16.6. The predicted octanol–water partition coefficient (Wildman–Crippen LogP) is 21.1. The minimum absolute atomic E-state index is 0.0698. The lowest BCUT2D eigenvalue weighted by Gasteiger charge is -2.18. The third-order valence-corrected chi connectivity index (χ3v) is 14.2. The first-order valence-electron chi connectivity index (χ1n) is 31.3. The Kier molecular flexibility index (Phi) is 57.7. The van der Waals surface area contributed by atoms with E-state index in [2.05, 4.69) is 45.1 Å². The predicted molar refractivity (Wildman–Crippen MR) is 303 cm³/mol. The van der Waals surface area contributed by atoms with Crippen LogP contribution < -0.4 is 0 Å². The van der Waals surface area contributed by atoms with Crippen molar-refractivity contribution in [2.45, 2.75) is 354 Å². The van der Waals surface area contributed by atoms with Crippen molar-refractivity contribution < 1.29 is 28.6 Å². The van der Waals surface area contributed by atoms with Crippen LogP contribution in [0.25, 0.3) is 0 Å². The zero-order valence-electron chi connectivity index (χ0n) is 47.3. The van der Waals surface area contributed by atoms with E-state index < -0.39 is 6.10 Å². The molecule has 1 unspecified atom stereocenters. The highest BCUT2D eigenvalue weighted by molar-refractivity contribution is 5.71. The maximum absolute atomic E-state index is 12.9. The van der Waals surface area contributed by atoms with Gasteiger partial charge in [0.05, 0.1) is 0 Å². The molecule has 0 spiro atoms. The van der Waals surface area contributed by atoms with Crippen LogP contribution in [0.15, 0.2) is 24.3 Å². The first kappa shape index (κ1) is 67.9. The summed E-state index contributed by atoms with van der Waals surface area (Å²) in [6.45, 7) is 6.68. The van der Waals surface area contributed by atoms with E-state index in [-0.39, 0.29) is 31.1 Å². The van der Waals surface area contributed by atoms with Gasteiger partial charge in [-0.3, -0.25) is 14.4 Å². The number of hydrogen-bond acceptors (Lipinski definition) is 6. The van der Waals surface area contributed by atoms with Crippen molar-refractivity contribution in [2.24, 2.45) is 0 Å². The van der Waals surface area contributed by atoms with Gasteiger partial charge >= 0.3 is 17.9 Å². The lowest BCUT2D eigenvalue weighted by atomic mass is 10.0. The summed E-state index contributed by atoms with van der Waals surface area (Å²) >= 11 is 0. The maximum atomic E-state index is 12.9. The molecule has 0 aromatic carbocycles. The van der Waals surface area contributed by atoms with E-state index >= 15 is 0 Å². The number of carbonyl (C=O) groups is 3. The fourth-order valence-electron chi connectivity index (χ4n) is 9.44. The highest BCUT2D eigenvalue weighted by Gasteiger charge is 2.19. The normalized spacial score (nSPS) is 12.1. The first-order valence-corrected chi connectivity index (χ1v) is 31.3. The molecule has 0 fully saturated rings. The van der Waals surface area contributed by atoms with E-state index in [4.69, 9.17) is 14.2 Å². The van der Waals surface area contributed by atoms with Crippen molar-refractivity contribution in [3.05, 3.63) is 24.3 Å². The average Bonchev–Trinajstić information content (AvgIpc) is 3.36. The van der Waals surface area contributed by atoms with E-state index in [0.29, 0.717) is 19.3 Å². The van der Waals surface area contributed by atoms with Gasteiger partial charge in [-0.2, -0.15) is 0 Å². The summed E-state index contributed by atoms with van der Waals surface area (Å²) in [5.41, 5.74) is 0. The van der Waals surface area contributed by atoms with Gasteiger partial charge in [0.1, 0.15) is 13.2 Å². The van der Waals surface area contributed by atoms with Gasteiger partial charge in [0, 0.05) is 19.3 Å². The third-order valence-electron chi connectivity index (χ3n) is 14.2. The number of hydrogen-bond donors (Lipinski definition) is 0. The quantitative estimate of drug-likeness (QED) is 0.0261. The molecule has 1 atom stereocenters. The van der Waals surface area contributed by atoms with Crippen LogP contribution in [-0.4, -0.2) is 37.2 Å². The van der Waals surface area contributed by atoms with Gasteiger partial charge in [-0.15, -0.1) is 0 Å². The average molecular weight is 986 g/mol. The van der Waals surface area contributed by atoms with E-state index in [1.54, 1.807) is 0 Å². The fraction of sp³-hybridized carbons (Fsp3) is 0.891. The van der Waals surface area contributed by atoms with E-state index in [9.17, 15) is 14.4 Å². The molecule has 412 valence electrons. The molecule has 6 nitrogen and oxygen atoms in total. The van der Waals surface area contributed by atoms with E-state index in [0.717, 1.165) is 64.2 Å². The second-order valence-corrected chi connectivity index (χ2v) is 21.3. The number of ether oxygens (including phenoxy) is 3. The molecule has 0 aromatic heterocycles. The third kappa shape index (κ3) is 56.8. The largest absolute Gasteiger partial charge is 0.462 e. The molecule has 0 bridgehead atoms. The van der Waals surface area contributed by atoms with E-state index in [1.807, 2.05) is 0 Å². The Labute approximate surface area is 436 Å². The first-order chi connectivity index (χ1) is 34.5. The molecular formula is C64H120O6. The fourth-order valence-corrected chi connectivity index (χ4v) is 9.44. The van der Waals surface area contributed by atoms with Crippen LogP contribution >= 0.6 is 0 Å². The van der Waals surface area contributed by atoms with Crippen molar-refractivity contribution in [2.75, 3.05) is 13.2 Å². The monoisotopic (exact) mass is 985 g/mol. The number of unbranched alkanes of at least 4 members (excludes halogenated alkanes) is 43. The molecule has 0 rings (SSSR count). The lowest BCUT2D eigenvalue weighted by molar-refractivity contribution is -0.167. The SMILES string of the molecule is CCCCCCCC/C=C\CCCCCCCC(=O)OC(COC(=O)CCCCCCCCCCCCC/C=C\CCCCCCCCCC)COC(=O)CCCCCCCCCCCCCCCC. The molecule has 0 aliphatic heterocycles. The van der Waals surface area contributed by atoms with Crippen molar-refractivity contribution in [3.63, 3.8) is 0 Å². The molecule has 0 aromatic rings. The number of allylic oxidation sites excluding steroid dienone is 4. The summed E-state index contributed by atoms with van der Waals surface area (Å²) in [6.07, 6.45) is 70.4. The Bertz CT molecular complexity index is 1130. The second kappa shape index (κ2) is 59.5. The molecule has 0 aliphatic rings. The Morgan fingerprint density at radius 2 is 0.471 bits per heavy atom. The van der Waals surface area contributed by atoms with Crippen LogP contribution in [0.1, 0.15) is 348 Å². The molecule has 0 amide bonds. The van der Waals surface area contributed by atoms with Crippen LogP contribution in [-0.2, 0) is 28.6 Å². The summed E-state index contributed by atoms with van der Waals surface area (Å²) in [7, 11) is 0. The zero-order chi connectivity index (χ0) is 50.7. The Balaban J connectivity index is 4.26. The van der Waals surface area contributed by atoms with Crippen LogP contribution in [0.4, 0.5) is 0 Å². The Morgan fingerprint density at radius 3 is 0.714 bits per heavy atom. The van der Waals surface area contributed by atoms with Crippen LogP contribution in [0, 0.1) is 0 Å². The molecule has 0 aliphatic carbocycles. The molecule has 70 heavy (non-hydrogen) atoms. The molecule has 0 heterocycles. The molecule has 0 N–H and O–H groups in total. The molecule has 0 radical (unpaired) electrons. The summed E-state index contributed by atoms with van der Waals surface area (Å²) < 4.78 is 16.9. The van der Waals surface area contributed by atoms with Crippen molar-refractivity contribution in [3.8, 4) is 0 Å². The van der Waals surface area contributed by atoms with Crippen molar-refractivity contribution >= 4 is 17.9 Å². The van der Waals surface area contributed by atoms with Gasteiger partial charge in [0.15, 0.2) is 6.10 Å². The summed E-state index contributed by atoms with van der Waals surface area (Å²) in [6, 6.07) is 0. The second-order valence-electron chi connectivity index (χ2n) is 21.3. The van der Waals surface area contributed by atoms with Gasteiger partial charge in [-0.05, 0) is 70.6 Å². The standard InChI is InChI=1S/C64H120O6/c1-4-7-10-13-16-19-22-25-28-29-30-31-32-33-34-35-37-39-42-45-48-51-54-57-63(66)69-60-61(59-68-62(65)56-53-50-47-44-41-38-27-24-21-18-15-12-9-6-3)70-64(67)58-55-52-49-46-43-40-36-26-23-20-17-14-11-8-5-2/h26,29-30,36,61H,4-25,27-28,31-35,37-60H2,1-3H3/b30-29-,36-26-. The lowest BCUT2D eigenvalue weighted by Crippen LogP contribution is -2.30. The number of carbonyl (C=O) groups excluding carboxylic acids is 3. The smallest absolute Gasteiger partial charge is 0.306 e. The summed E-state index contributed by atoms with van der Waals surface area (Å²) in [4.78, 5) is 38.2. The maximum Gasteiger partial charge on any atom is 0.306 e. The van der Waals surface area contributed by atoms with E-state index in [1.165, 1.54) is 244 Å². The zero-order valence-corrected chi connectivity index (χ0v) is 47.3. The molecule has 6 heteroatoms. The topological polar surface area (TPSA) is 78.9 Å². The van der Waals surface area contributed by atoms with Gasteiger partial charge < -0.3 is 14.2 Å². The number of rotatable bonds is 58. The van der Waals surface area contributed by atoms with Gasteiger partial charge in [0.25, 0.3) is 0 Å². The molecular weight excluding hydrogens is 865 g/mol. The summed E-state index contributed by atoms with van der Waals surface area (Å²) in [5, 5.41) is 0. The van der Waals surface area contributed by atoms with Crippen molar-refractivity contribution in [1.29, 1.82) is 0 Å². The van der Waals surface area contributed by atoms with Gasteiger partial charge in [-0.25, -0.2) is 0 Å². The minimum Gasteiger partial charge on any atom is -0.462 e. The van der Waals surface area contributed by atoms with Gasteiger partial charge in [0.2, 0.25) is 0 Å². The van der Waals surface area contributed by atoms with Crippen molar-refractivity contribution in [1.82, 2.24) is 0 Å². The van der Waals surface area contributed by atoms with Crippen LogP contribution in [0.5, 0.6) is 0 Å². The Morgan fingerprint density at radius 1 is 0.271 bits per heavy atom. The Hall–Kier alpha value is -2.11. The summed E-state index contributed by atoms with van der Waals surface area (Å²) in [5.74, 6) is -0.855. The molecule has 0 saturated heterocycles. The minimum atomic E-state index is -0.772. The highest BCUT2D eigenvalue weighted by Crippen LogP contribution is 2.17. The number of esters is 3. The molecule has 0 saturated carbocycles. The van der Waals surface area contributed by atoms with Crippen LogP contribution in [0.3, 0.4) is 0 Å². The van der Waals surface area contributed by atoms with Crippen LogP contribution in [0.2, 0.25) is 0 Å². The van der Waals surface area contributed by atoms with Gasteiger partial charge in [-0.1, -0.05) is 283 Å².